The Labute approximate surface area is 87.5 Å². The molecule has 0 saturated carbocycles. The van der Waals surface area contributed by atoms with Crippen molar-refractivity contribution < 1.29 is 5.11 Å². The SMILES string of the molecule is CC(C)(C)CN1CCNC[C@@H]1CCO. The summed E-state index contributed by atoms with van der Waals surface area (Å²) in [6.07, 6.45) is 0.892. The lowest BCUT2D eigenvalue weighted by Crippen LogP contribution is -2.53. The molecule has 1 aliphatic heterocycles. The molecule has 0 aromatic carbocycles. The van der Waals surface area contributed by atoms with Crippen LogP contribution < -0.4 is 5.32 Å². The van der Waals surface area contributed by atoms with Crippen LogP contribution in [0.25, 0.3) is 0 Å². The van der Waals surface area contributed by atoms with E-state index in [2.05, 4.69) is 31.0 Å². The van der Waals surface area contributed by atoms with Gasteiger partial charge in [0.15, 0.2) is 0 Å². The summed E-state index contributed by atoms with van der Waals surface area (Å²) in [6, 6.07) is 0.521. The molecule has 1 heterocycles. The fourth-order valence-corrected chi connectivity index (χ4v) is 2.05. The van der Waals surface area contributed by atoms with Gasteiger partial charge in [-0.1, -0.05) is 20.8 Å². The first-order valence-corrected chi connectivity index (χ1v) is 5.58. The quantitative estimate of drug-likeness (QED) is 0.703. The highest BCUT2D eigenvalue weighted by Gasteiger charge is 2.25. The van der Waals surface area contributed by atoms with Crippen molar-refractivity contribution in [2.24, 2.45) is 5.41 Å². The fraction of sp³-hybridized carbons (Fsp3) is 1.00. The van der Waals surface area contributed by atoms with Crippen molar-refractivity contribution in [3.63, 3.8) is 0 Å². The van der Waals surface area contributed by atoms with Crippen LogP contribution in [0.4, 0.5) is 0 Å². The lowest BCUT2D eigenvalue weighted by atomic mass is 9.94. The largest absolute Gasteiger partial charge is 0.396 e. The van der Waals surface area contributed by atoms with Crippen LogP contribution in [0.5, 0.6) is 0 Å². The predicted molar refractivity (Wildman–Crippen MR) is 59.4 cm³/mol. The summed E-state index contributed by atoms with van der Waals surface area (Å²) >= 11 is 0. The summed E-state index contributed by atoms with van der Waals surface area (Å²) in [4.78, 5) is 2.51. The lowest BCUT2D eigenvalue weighted by molar-refractivity contribution is 0.0941. The molecule has 0 bridgehead atoms. The van der Waals surface area contributed by atoms with Crippen molar-refractivity contribution in [2.45, 2.75) is 33.2 Å². The molecule has 2 N–H and O–H groups in total. The standard InChI is InChI=1S/C11H24N2O/c1-11(2,3)9-13-6-5-12-8-10(13)4-7-14/h10,12,14H,4-9H2,1-3H3/t10-/m0/s1. The van der Waals surface area contributed by atoms with Gasteiger partial charge in [-0.2, -0.15) is 0 Å². The van der Waals surface area contributed by atoms with Crippen molar-refractivity contribution in [2.75, 3.05) is 32.8 Å². The van der Waals surface area contributed by atoms with E-state index < -0.39 is 0 Å². The molecule has 1 aliphatic rings. The van der Waals surface area contributed by atoms with Gasteiger partial charge in [-0.05, 0) is 11.8 Å². The Morgan fingerprint density at radius 3 is 2.71 bits per heavy atom. The molecule has 14 heavy (non-hydrogen) atoms. The molecule has 0 aliphatic carbocycles. The van der Waals surface area contributed by atoms with Crippen LogP contribution >= 0.6 is 0 Å². The minimum Gasteiger partial charge on any atom is -0.396 e. The zero-order chi connectivity index (χ0) is 10.6. The third-order valence-corrected chi connectivity index (χ3v) is 2.61. The van der Waals surface area contributed by atoms with Gasteiger partial charge in [-0.3, -0.25) is 4.90 Å². The average Bonchev–Trinajstić information content (AvgIpc) is 2.06. The highest BCUT2D eigenvalue weighted by atomic mass is 16.3. The van der Waals surface area contributed by atoms with Crippen LogP contribution in [-0.4, -0.2) is 48.8 Å². The van der Waals surface area contributed by atoms with Gasteiger partial charge in [-0.25, -0.2) is 0 Å². The maximum atomic E-state index is 8.98. The topological polar surface area (TPSA) is 35.5 Å². The molecule has 0 aromatic heterocycles. The number of rotatable bonds is 3. The number of hydrogen-bond donors (Lipinski definition) is 2. The monoisotopic (exact) mass is 200 g/mol. The summed E-state index contributed by atoms with van der Waals surface area (Å²) in [7, 11) is 0. The summed E-state index contributed by atoms with van der Waals surface area (Å²) in [6.45, 7) is 11.4. The van der Waals surface area contributed by atoms with E-state index in [4.69, 9.17) is 5.11 Å². The second-order valence-corrected chi connectivity index (χ2v) is 5.40. The van der Waals surface area contributed by atoms with E-state index in [1.807, 2.05) is 0 Å². The van der Waals surface area contributed by atoms with Gasteiger partial charge in [0, 0.05) is 38.8 Å². The van der Waals surface area contributed by atoms with Gasteiger partial charge in [0.25, 0.3) is 0 Å². The zero-order valence-corrected chi connectivity index (χ0v) is 9.71. The summed E-state index contributed by atoms with van der Waals surface area (Å²) in [5.41, 5.74) is 0.352. The van der Waals surface area contributed by atoms with Crippen LogP contribution in [0.2, 0.25) is 0 Å². The Hall–Kier alpha value is -0.120. The van der Waals surface area contributed by atoms with Crippen molar-refractivity contribution in [1.82, 2.24) is 10.2 Å². The summed E-state index contributed by atoms with van der Waals surface area (Å²) in [5, 5.41) is 12.4. The van der Waals surface area contributed by atoms with Crippen LogP contribution in [0.1, 0.15) is 27.2 Å². The van der Waals surface area contributed by atoms with Crippen LogP contribution in [0.15, 0.2) is 0 Å². The van der Waals surface area contributed by atoms with Crippen LogP contribution in [0, 0.1) is 5.41 Å². The molecule has 0 spiro atoms. The number of piperazine rings is 1. The van der Waals surface area contributed by atoms with E-state index >= 15 is 0 Å². The van der Waals surface area contributed by atoms with E-state index in [1.165, 1.54) is 0 Å². The Bertz CT molecular complexity index is 163. The predicted octanol–water partition coefficient (Wildman–Crippen LogP) is 0.689. The van der Waals surface area contributed by atoms with E-state index in [-0.39, 0.29) is 0 Å². The molecular weight excluding hydrogens is 176 g/mol. The summed E-state index contributed by atoms with van der Waals surface area (Å²) < 4.78 is 0. The van der Waals surface area contributed by atoms with E-state index in [0.29, 0.717) is 18.1 Å². The van der Waals surface area contributed by atoms with Gasteiger partial charge in [-0.15, -0.1) is 0 Å². The normalized spacial score (nSPS) is 25.3. The Kier molecular flexibility index (Phi) is 4.35. The van der Waals surface area contributed by atoms with Gasteiger partial charge < -0.3 is 10.4 Å². The minimum atomic E-state index is 0.299. The molecule has 0 radical (unpaired) electrons. The third-order valence-electron chi connectivity index (χ3n) is 2.61. The lowest BCUT2D eigenvalue weighted by Gasteiger charge is -2.39. The number of hydrogen-bond acceptors (Lipinski definition) is 3. The molecule has 1 rings (SSSR count). The zero-order valence-electron chi connectivity index (χ0n) is 9.71. The minimum absolute atomic E-state index is 0.299. The molecule has 1 fully saturated rings. The van der Waals surface area contributed by atoms with Crippen LogP contribution in [0.3, 0.4) is 0 Å². The first kappa shape index (κ1) is 12.0. The Morgan fingerprint density at radius 1 is 1.43 bits per heavy atom. The first-order chi connectivity index (χ1) is 6.53. The Balaban J connectivity index is 2.45. The van der Waals surface area contributed by atoms with Gasteiger partial charge >= 0.3 is 0 Å². The molecule has 84 valence electrons. The van der Waals surface area contributed by atoms with Gasteiger partial charge in [0.1, 0.15) is 0 Å². The smallest absolute Gasteiger partial charge is 0.0446 e. The van der Waals surface area contributed by atoms with Crippen molar-refractivity contribution in [3.8, 4) is 0 Å². The second kappa shape index (κ2) is 5.10. The highest BCUT2D eigenvalue weighted by Crippen LogP contribution is 2.18. The molecule has 0 unspecified atom stereocenters. The van der Waals surface area contributed by atoms with Crippen molar-refractivity contribution >= 4 is 0 Å². The third kappa shape index (κ3) is 3.95. The maximum absolute atomic E-state index is 8.98. The molecule has 3 nitrogen and oxygen atoms in total. The van der Waals surface area contributed by atoms with Crippen molar-refractivity contribution in [3.05, 3.63) is 0 Å². The van der Waals surface area contributed by atoms with E-state index in [1.54, 1.807) is 0 Å². The van der Waals surface area contributed by atoms with Gasteiger partial charge in [0.05, 0.1) is 0 Å². The fourth-order valence-electron chi connectivity index (χ4n) is 2.05. The van der Waals surface area contributed by atoms with Gasteiger partial charge in [0.2, 0.25) is 0 Å². The van der Waals surface area contributed by atoms with Crippen molar-refractivity contribution in [1.29, 1.82) is 0 Å². The highest BCUT2D eigenvalue weighted by molar-refractivity contribution is 4.82. The Morgan fingerprint density at radius 2 is 2.14 bits per heavy atom. The number of nitrogens with zero attached hydrogens (tertiary/aromatic N) is 1. The molecule has 0 aromatic rings. The average molecular weight is 200 g/mol. The molecule has 1 saturated heterocycles. The first-order valence-electron chi connectivity index (χ1n) is 5.58. The number of aliphatic hydroxyl groups excluding tert-OH is 1. The molecule has 1 atom stereocenters. The molecule has 0 amide bonds. The summed E-state index contributed by atoms with van der Waals surface area (Å²) in [5.74, 6) is 0. The van der Waals surface area contributed by atoms with E-state index in [9.17, 15) is 0 Å². The molecular formula is C11H24N2O. The second-order valence-electron chi connectivity index (χ2n) is 5.40. The van der Waals surface area contributed by atoms with Crippen LogP contribution in [-0.2, 0) is 0 Å². The molecule has 3 heteroatoms. The number of aliphatic hydroxyl groups is 1. The number of nitrogens with one attached hydrogen (secondary N) is 1. The maximum Gasteiger partial charge on any atom is 0.0446 e. The van der Waals surface area contributed by atoms with E-state index in [0.717, 1.165) is 32.6 Å².